The standard InChI is InChI=1S/C19H20N2O3/c1-3-20(4-2)16-12-9-15(10-13-16)11-14-19(22)17-7-5-6-8-18(17)21(23)24/h5-14H,3-4H2,1-2H3/b14-11+. The Hall–Kier alpha value is -2.95. The van der Waals surface area contributed by atoms with Crippen molar-refractivity contribution in [3.63, 3.8) is 0 Å². The van der Waals surface area contributed by atoms with Crippen LogP contribution in [0.1, 0.15) is 29.8 Å². The normalized spacial score (nSPS) is 10.8. The van der Waals surface area contributed by atoms with E-state index >= 15 is 0 Å². The van der Waals surface area contributed by atoms with E-state index in [0.29, 0.717) is 0 Å². The Morgan fingerprint density at radius 2 is 1.71 bits per heavy atom. The summed E-state index contributed by atoms with van der Waals surface area (Å²) in [6.45, 7) is 6.06. The molecule has 0 fully saturated rings. The van der Waals surface area contributed by atoms with Crippen LogP contribution < -0.4 is 4.90 Å². The summed E-state index contributed by atoms with van der Waals surface area (Å²) in [7, 11) is 0. The molecule has 0 aliphatic rings. The fourth-order valence-corrected chi connectivity index (χ4v) is 2.49. The molecule has 0 amide bonds. The highest BCUT2D eigenvalue weighted by molar-refractivity contribution is 6.09. The molecule has 2 aromatic carbocycles. The van der Waals surface area contributed by atoms with Gasteiger partial charge in [-0.15, -0.1) is 0 Å². The number of para-hydroxylation sites is 1. The number of rotatable bonds is 7. The van der Waals surface area contributed by atoms with Gasteiger partial charge in [0, 0.05) is 24.8 Å². The Labute approximate surface area is 141 Å². The molecule has 2 aromatic rings. The first-order chi connectivity index (χ1) is 11.6. The van der Waals surface area contributed by atoms with E-state index in [-0.39, 0.29) is 17.0 Å². The van der Waals surface area contributed by atoms with Crippen LogP contribution in [0.3, 0.4) is 0 Å². The fourth-order valence-electron chi connectivity index (χ4n) is 2.49. The maximum absolute atomic E-state index is 12.2. The molecular weight excluding hydrogens is 304 g/mol. The average molecular weight is 324 g/mol. The van der Waals surface area contributed by atoms with E-state index < -0.39 is 4.92 Å². The summed E-state index contributed by atoms with van der Waals surface area (Å²) in [6.07, 6.45) is 3.04. The first-order valence-corrected chi connectivity index (χ1v) is 7.87. The number of nitrogens with zero attached hydrogens (tertiary/aromatic N) is 2. The van der Waals surface area contributed by atoms with Gasteiger partial charge in [-0.3, -0.25) is 14.9 Å². The van der Waals surface area contributed by atoms with E-state index in [2.05, 4.69) is 18.7 Å². The first kappa shape index (κ1) is 17.4. The summed E-state index contributed by atoms with van der Waals surface area (Å²) in [5.74, 6) is -0.380. The highest BCUT2D eigenvalue weighted by Gasteiger charge is 2.16. The molecular formula is C19H20N2O3. The van der Waals surface area contributed by atoms with Crippen molar-refractivity contribution in [2.45, 2.75) is 13.8 Å². The second-order valence-corrected chi connectivity index (χ2v) is 5.24. The number of nitro benzene ring substituents is 1. The van der Waals surface area contributed by atoms with Gasteiger partial charge in [-0.1, -0.05) is 30.3 Å². The molecule has 2 rings (SSSR count). The number of hydrogen-bond acceptors (Lipinski definition) is 4. The molecule has 0 atom stereocenters. The van der Waals surface area contributed by atoms with Crippen molar-refractivity contribution in [1.82, 2.24) is 0 Å². The lowest BCUT2D eigenvalue weighted by atomic mass is 10.1. The molecule has 0 aromatic heterocycles. The summed E-state index contributed by atoms with van der Waals surface area (Å²) in [5.41, 5.74) is 1.92. The molecule has 0 spiro atoms. The minimum Gasteiger partial charge on any atom is -0.372 e. The lowest BCUT2D eigenvalue weighted by Crippen LogP contribution is -2.21. The smallest absolute Gasteiger partial charge is 0.280 e. The van der Waals surface area contributed by atoms with Crippen LogP contribution in [0.15, 0.2) is 54.6 Å². The Morgan fingerprint density at radius 3 is 2.29 bits per heavy atom. The van der Waals surface area contributed by atoms with Gasteiger partial charge in [0.05, 0.1) is 10.5 Å². The van der Waals surface area contributed by atoms with Gasteiger partial charge in [0.25, 0.3) is 5.69 Å². The van der Waals surface area contributed by atoms with Gasteiger partial charge in [0.2, 0.25) is 0 Å². The molecule has 0 heterocycles. The van der Waals surface area contributed by atoms with Crippen molar-refractivity contribution in [3.8, 4) is 0 Å². The second-order valence-electron chi connectivity index (χ2n) is 5.24. The maximum Gasteiger partial charge on any atom is 0.280 e. The maximum atomic E-state index is 12.2. The molecule has 0 N–H and O–H groups in total. The number of nitro groups is 1. The Balaban J connectivity index is 2.16. The minimum absolute atomic E-state index is 0.0958. The summed E-state index contributed by atoms with van der Waals surface area (Å²) in [6, 6.07) is 13.8. The van der Waals surface area contributed by atoms with Crippen LogP contribution in [0, 0.1) is 10.1 Å². The Kier molecular flexibility index (Phi) is 5.84. The van der Waals surface area contributed by atoms with Gasteiger partial charge >= 0.3 is 0 Å². The zero-order valence-electron chi connectivity index (χ0n) is 13.8. The molecule has 0 bridgehead atoms. The van der Waals surface area contributed by atoms with E-state index in [4.69, 9.17) is 0 Å². The summed E-state index contributed by atoms with van der Waals surface area (Å²) in [5, 5.41) is 11.0. The van der Waals surface area contributed by atoms with Gasteiger partial charge in [0.15, 0.2) is 5.78 Å². The van der Waals surface area contributed by atoms with Crippen LogP contribution in [-0.2, 0) is 0 Å². The predicted molar refractivity (Wildman–Crippen MR) is 96.5 cm³/mol. The third kappa shape index (κ3) is 4.07. The van der Waals surface area contributed by atoms with E-state index in [1.807, 2.05) is 24.3 Å². The van der Waals surface area contributed by atoms with Gasteiger partial charge in [0.1, 0.15) is 0 Å². The van der Waals surface area contributed by atoms with Crippen LogP contribution in [0.5, 0.6) is 0 Å². The van der Waals surface area contributed by atoms with E-state index in [9.17, 15) is 14.9 Å². The SMILES string of the molecule is CCN(CC)c1ccc(/C=C/C(=O)c2ccccc2[N+](=O)[O-])cc1. The lowest BCUT2D eigenvalue weighted by Gasteiger charge is -2.20. The number of benzene rings is 2. The quantitative estimate of drug-likeness (QED) is 0.329. The number of allylic oxidation sites excluding steroid dienone is 1. The molecule has 0 saturated heterocycles. The Morgan fingerprint density at radius 1 is 1.08 bits per heavy atom. The van der Waals surface area contributed by atoms with Crippen molar-refractivity contribution < 1.29 is 9.72 Å². The molecule has 24 heavy (non-hydrogen) atoms. The molecule has 5 heteroatoms. The van der Waals surface area contributed by atoms with Crippen molar-refractivity contribution in [1.29, 1.82) is 0 Å². The van der Waals surface area contributed by atoms with Crippen molar-refractivity contribution in [2.75, 3.05) is 18.0 Å². The van der Waals surface area contributed by atoms with Gasteiger partial charge in [-0.05, 0) is 43.7 Å². The summed E-state index contributed by atoms with van der Waals surface area (Å²) in [4.78, 5) is 24.9. The number of ketones is 1. The largest absolute Gasteiger partial charge is 0.372 e. The molecule has 5 nitrogen and oxygen atoms in total. The number of carbonyl (C=O) groups is 1. The first-order valence-electron chi connectivity index (χ1n) is 7.87. The summed E-state index contributed by atoms with van der Waals surface area (Å²) < 4.78 is 0. The zero-order chi connectivity index (χ0) is 17.5. The molecule has 0 saturated carbocycles. The fraction of sp³-hybridized carbons (Fsp3) is 0.211. The highest BCUT2D eigenvalue weighted by atomic mass is 16.6. The van der Waals surface area contributed by atoms with Gasteiger partial charge in [-0.25, -0.2) is 0 Å². The molecule has 0 aliphatic carbocycles. The zero-order valence-corrected chi connectivity index (χ0v) is 13.8. The van der Waals surface area contributed by atoms with Crippen molar-refractivity contribution in [3.05, 3.63) is 75.8 Å². The highest BCUT2D eigenvalue weighted by Crippen LogP contribution is 2.20. The Bertz CT molecular complexity index is 747. The average Bonchev–Trinajstić information content (AvgIpc) is 2.61. The molecule has 124 valence electrons. The number of hydrogen-bond donors (Lipinski definition) is 0. The lowest BCUT2D eigenvalue weighted by molar-refractivity contribution is -0.385. The molecule has 0 aliphatic heterocycles. The third-order valence-corrected chi connectivity index (χ3v) is 3.82. The number of carbonyl (C=O) groups excluding carboxylic acids is 1. The van der Waals surface area contributed by atoms with Crippen LogP contribution in [0.25, 0.3) is 6.08 Å². The van der Waals surface area contributed by atoms with Crippen LogP contribution >= 0.6 is 0 Å². The van der Waals surface area contributed by atoms with E-state index in [1.54, 1.807) is 18.2 Å². The van der Waals surface area contributed by atoms with Crippen molar-refractivity contribution >= 4 is 23.2 Å². The van der Waals surface area contributed by atoms with Crippen molar-refractivity contribution in [2.24, 2.45) is 0 Å². The topological polar surface area (TPSA) is 63.5 Å². The number of anilines is 1. The van der Waals surface area contributed by atoms with E-state index in [0.717, 1.165) is 24.3 Å². The van der Waals surface area contributed by atoms with Crippen LogP contribution in [0.4, 0.5) is 11.4 Å². The second kappa shape index (κ2) is 8.06. The van der Waals surface area contributed by atoms with E-state index in [1.165, 1.54) is 18.2 Å². The molecule has 0 unspecified atom stereocenters. The minimum atomic E-state index is -0.542. The van der Waals surface area contributed by atoms with Gasteiger partial charge in [-0.2, -0.15) is 0 Å². The summed E-state index contributed by atoms with van der Waals surface area (Å²) >= 11 is 0. The predicted octanol–water partition coefficient (Wildman–Crippen LogP) is 4.34. The molecule has 0 radical (unpaired) electrons. The monoisotopic (exact) mass is 324 g/mol. The van der Waals surface area contributed by atoms with Crippen LogP contribution in [0.2, 0.25) is 0 Å². The van der Waals surface area contributed by atoms with Gasteiger partial charge < -0.3 is 4.90 Å². The third-order valence-electron chi connectivity index (χ3n) is 3.82. The van der Waals surface area contributed by atoms with Crippen LogP contribution in [-0.4, -0.2) is 23.8 Å².